The van der Waals surface area contributed by atoms with E-state index in [0.717, 1.165) is 5.56 Å². The average molecular weight is 281 g/mol. The molecule has 7 heteroatoms. The lowest BCUT2D eigenvalue weighted by molar-refractivity contribution is -0.139. The van der Waals surface area contributed by atoms with E-state index in [0.29, 0.717) is 13.0 Å². The predicted molar refractivity (Wildman–Crippen MR) is 70.2 cm³/mol. The molecule has 0 heterocycles. The first kappa shape index (κ1) is 15.6. The highest BCUT2D eigenvalue weighted by atomic mass is 19.1. The van der Waals surface area contributed by atoms with Crippen molar-refractivity contribution >= 4 is 17.7 Å². The number of carbonyl (C=O) groups excluding carboxylic acids is 3. The van der Waals surface area contributed by atoms with E-state index in [4.69, 9.17) is 0 Å². The molecule has 3 amide bonds. The fraction of sp³-hybridized carbons (Fsp3) is 0.308. The number of halogens is 1. The van der Waals surface area contributed by atoms with Crippen molar-refractivity contribution in [3.8, 4) is 0 Å². The van der Waals surface area contributed by atoms with Crippen molar-refractivity contribution in [2.75, 3.05) is 20.1 Å². The summed E-state index contributed by atoms with van der Waals surface area (Å²) >= 11 is 0. The lowest BCUT2D eigenvalue weighted by Crippen LogP contribution is -2.43. The maximum atomic E-state index is 12.7. The van der Waals surface area contributed by atoms with Gasteiger partial charge < -0.3 is 16.0 Å². The van der Waals surface area contributed by atoms with E-state index in [9.17, 15) is 18.8 Å². The molecule has 0 aromatic heterocycles. The van der Waals surface area contributed by atoms with Crippen LogP contribution in [0.1, 0.15) is 5.56 Å². The minimum atomic E-state index is -0.860. The van der Waals surface area contributed by atoms with Gasteiger partial charge in [-0.15, -0.1) is 0 Å². The summed E-state index contributed by atoms with van der Waals surface area (Å²) in [5, 5.41) is 6.90. The number of amides is 3. The fourth-order valence-corrected chi connectivity index (χ4v) is 1.41. The van der Waals surface area contributed by atoms with Gasteiger partial charge in [0.25, 0.3) is 0 Å². The standard InChI is InChI=1S/C13H16FN3O3/c1-15-12(19)13(20)17-8-11(18)16-7-6-9-2-4-10(14)5-3-9/h2-5H,6-8H2,1H3,(H,15,19)(H,16,18)(H,17,20). The summed E-state index contributed by atoms with van der Waals surface area (Å²) in [6.07, 6.45) is 0.551. The first-order valence-electron chi connectivity index (χ1n) is 6.04. The van der Waals surface area contributed by atoms with Crippen LogP contribution in [-0.4, -0.2) is 37.9 Å². The zero-order valence-electron chi connectivity index (χ0n) is 11.0. The van der Waals surface area contributed by atoms with Gasteiger partial charge in [-0.05, 0) is 24.1 Å². The molecule has 0 saturated heterocycles. The number of hydrogen-bond acceptors (Lipinski definition) is 3. The van der Waals surface area contributed by atoms with Crippen LogP contribution in [0.25, 0.3) is 0 Å². The highest BCUT2D eigenvalue weighted by molar-refractivity contribution is 6.35. The second-order valence-electron chi connectivity index (χ2n) is 3.99. The largest absolute Gasteiger partial charge is 0.354 e. The lowest BCUT2D eigenvalue weighted by atomic mass is 10.1. The normalized spacial score (nSPS) is 9.70. The van der Waals surface area contributed by atoms with E-state index in [1.54, 1.807) is 12.1 Å². The minimum absolute atomic E-state index is 0.268. The molecule has 0 radical (unpaired) electrons. The Balaban J connectivity index is 2.22. The monoisotopic (exact) mass is 281 g/mol. The number of likely N-dealkylation sites (N-methyl/N-ethyl adjacent to an activating group) is 1. The Hall–Kier alpha value is -2.44. The maximum absolute atomic E-state index is 12.7. The van der Waals surface area contributed by atoms with Crippen LogP contribution in [0.2, 0.25) is 0 Å². The van der Waals surface area contributed by atoms with E-state index in [1.165, 1.54) is 19.2 Å². The third kappa shape index (κ3) is 5.47. The van der Waals surface area contributed by atoms with Crippen LogP contribution in [0.15, 0.2) is 24.3 Å². The van der Waals surface area contributed by atoms with Crippen LogP contribution in [0, 0.1) is 5.82 Å². The molecule has 20 heavy (non-hydrogen) atoms. The molecule has 0 spiro atoms. The lowest BCUT2D eigenvalue weighted by Gasteiger charge is -2.06. The van der Waals surface area contributed by atoms with Crippen molar-refractivity contribution < 1.29 is 18.8 Å². The molecule has 0 unspecified atom stereocenters. The average Bonchev–Trinajstić information content (AvgIpc) is 2.46. The van der Waals surface area contributed by atoms with E-state index in [2.05, 4.69) is 16.0 Å². The van der Waals surface area contributed by atoms with Crippen molar-refractivity contribution in [3.63, 3.8) is 0 Å². The smallest absolute Gasteiger partial charge is 0.309 e. The molecule has 0 fully saturated rings. The molecule has 0 aliphatic carbocycles. The summed E-state index contributed by atoms with van der Waals surface area (Å²) in [5.74, 6) is -2.37. The highest BCUT2D eigenvalue weighted by Crippen LogP contribution is 2.02. The minimum Gasteiger partial charge on any atom is -0.354 e. The molecule has 0 aliphatic rings. The van der Waals surface area contributed by atoms with Crippen molar-refractivity contribution in [3.05, 3.63) is 35.6 Å². The summed E-state index contributed by atoms with van der Waals surface area (Å²) in [6.45, 7) is 0.0932. The molecule has 1 rings (SSSR count). The van der Waals surface area contributed by atoms with Crippen LogP contribution >= 0.6 is 0 Å². The van der Waals surface area contributed by atoms with E-state index < -0.39 is 17.7 Å². The third-order valence-electron chi connectivity index (χ3n) is 2.49. The van der Waals surface area contributed by atoms with Gasteiger partial charge in [-0.25, -0.2) is 4.39 Å². The molecule has 0 aliphatic heterocycles. The van der Waals surface area contributed by atoms with Gasteiger partial charge in [0.2, 0.25) is 5.91 Å². The Kier molecular flexibility index (Phi) is 6.15. The van der Waals surface area contributed by atoms with Crippen molar-refractivity contribution in [1.82, 2.24) is 16.0 Å². The molecular weight excluding hydrogens is 265 g/mol. The van der Waals surface area contributed by atoms with Crippen molar-refractivity contribution in [2.45, 2.75) is 6.42 Å². The molecule has 3 N–H and O–H groups in total. The molecule has 0 bridgehead atoms. The third-order valence-corrected chi connectivity index (χ3v) is 2.49. The van der Waals surface area contributed by atoms with Gasteiger partial charge in [0.05, 0.1) is 6.54 Å². The van der Waals surface area contributed by atoms with E-state index in [1.807, 2.05) is 0 Å². The van der Waals surface area contributed by atoms with Crippen LogP contribution in [0.4, 0.5) is 4.39 Å². The van der Waals surface area contributed by atoms with Gasteiger partial charge in [-0.1, -0.05) is 12.1 Å². The van der Waals surface area contributed by atoms with Gasteiger partial charge in [0.1, 0.15) is 5.82 Å². The maximum Gasteiger partial charge on any atom is 0.309 e. The van der Waals surface area contributed by atoms with Crippen LogP contribution in [0.5, 0.6) is 0 Å². The van der Waals surface area contributed by atoms with Crippen LogP contribution in [0.3, 0.4) is 0 Å². The van der Waals surface area contributed by atoms with Gasteiger partial charge in [-0.3, -0.25) is 14.4 Å². The predicted octanol–water partition coefficient (Wildman–Crippen LogP) is -0.653. The summed E-state index contributed by atoms with van der Waals surface area (Å²) in [4.78, 5) is 33.3. The number of hydrogen-bond donors (Lipinski definition) is 3. The van der Waals surface area contributed by atoms with Crippen LogP contribution < -0.4 is 16.0 Å². The van der Waals surface area contributed by atoms with E-state index in [-0.39, 0.29) is 12.4 Å². The molecule has 6 nitrogen and oxygen atoms in total. The Morgan fingerprint density at radius 1 is 1.05 bits per heavy atom. The summed E-state index contributed by atoms with van der Waals surface area (Å²) in [6, 6.07) is 5.96. The first-order chi connectivity index (χ1) is 9.52. The number of rotatable bonds is 5. The SMILES string of the molecule is CNC(=O)C(=O)NCC(=O)NCCc1ccc(F)cc1. The molecule has 1 aromatic rings. The van der Waals surface area contributed by atoms with Gasteiger partial charge >= 0.3 is 11.8 Å². The topological polar surface area (TPSA) is 87.3 Å². The molecule has 1 aromatic carbocycles. The summed E-state index contributed by atoms with van der Waals surface area (Å²) < 4.78 is 12.7. The van der Waals surface area contributed by atoms with Gasteiger partial charge in [-0.2, -0.15) is 0 Å². The number of nitrogens with one attached hydrogen (secondary N) is 3. The summed E-state index contributed by atoms with van der Waals surface area (Å²) in [5.41, 5.74) is 0.890. The number of carbonyl (C=O) groups is 3. The second-order valence-corrected chi connectivity index (χ2v) is 3.99. The molecule has 108 valence electrons. The summed E-state index contributed by atoms with van der Waals surface area (Å²) in [7, 11) is 1.32. The van der Waals surface area contributed by atoms with E-state index >= 15 is 0 Å². The highest BCUT2D eigenvalue weighted by Gasteiger charge is 2.11. The van der Waals surface area contributed by atoms with Gasteiger partial charge in [0, 0.05) is 13.6 Å². The van der Waals surface area contributed by atoms with Crippen molar-refractivity contribution in [1.29, 1.82) is 0 Å². The number of benzene rings is 1. The quantitative estimate of drug-likeness (QED) is 0.627. The Labute approximate surface area is 115 Å². The zero-order chi connectivity index (χ0) is 15.0. The van der Waals surface area contributed by atoms with Crippen molar-refractivity contribution in [2.24, 2.45) is 0 Å². The Morgan fingerprint density at radius 3 is 2.30 bits per heavy atom. The molecular formula is C13H16FN3O3. The molecule has 0 atom stereocenters. The second kappa shape index (κ2) is 7.88. The fourth-order valence-electron chi connectivity index (χ4n) is 1.41. The molecule has 0 saturated carbocycles. The van der Waals surface area contributed by atoms with Gasteiger partial charge in [0.15, 0.2) is 0 Å². The van der Waals surface area contributed by atoms with Crippen LogP contribution in [-0.2, 0) is 20.8 Å². The zero-order valence-corrected chi connectivity index (χ0v) is 11.0. The Bertz CT molecular complexity index is 488. The Morgan fingerprint density at radius 2 is 1.70 bits per heavy atom. The first-order valence-corrected chi connectivity index (χ1v) is 6.04.